The Bertz CT molecular complexity index is 217. The largest absolute Gasteiger partial charge is 0.310 e. The molecule has 0 unspecified atom stereocenters. The number of rotatable bonds is 2. The highest BCUT2D eigenvalue weighted by Gasteiger charge is 2.37. The third-order valence-corrected chi connectivity index (χ3v) is 4.45. The van der Waals surface area contributed by atoms with Crippen LogP contribution in [0.15, 0.2) is 0 Å². The second kappa shape index (κ2) is 4.06. The first kappa shape index (κ1) is 10.1. The van der Waals surface area contributed by atoms with Crippen molar-refractivity contribution >= 4 is 0 Å². The fraction of sp³-hybridized carbons (Fsp3) is 1.00. The van der Waals surface area contributed by atoms with Crippen LogP contribution in [0.1, 0.15) is 44.9 Å². The normalized spacial score (nSPS) is 32.0. The van der Waals surface area contributed by atoms with E-state index in [1.807, 2.05) is 0 Å². The van der Waals surface area contributed by atoms with Crippen LogP contribution in [0.25, 0.3) is 0 Å². The first-order valence-corrected chi connectivity index (χ1v) is 6.84. The van der Waals surface area contributed by atoms with Crippen molar-refractivity contribution in [3.05, 3.63) is 0 Å². The van der Waals surface area contributed by atoms with Gasteiger partial charge in [-0.25, -0.2) is 0 Å². The van der Waals surface area contributed by atoms with E-state index >= 15 is 0 Å². The van der Waals surface area contributed by atoms with E-state index in [0.717, 1.165) is 5.92 Å². The molecule has 1 saturated heterocycles. The molecule has 1 aliphatic heterocycles. The third-order valence-electron chi connectivity index (χ3n) is 4.45. The summed E-state index contributed by atoms with van der Waals surface area (Å²) in [6, 6.07) is 0. The van der Waals surface area contributed by atoms with Gasteiger partial charge >= 0.3 is 0 Å². The monoisotopic (exact) mass is 208 g/mol. The zero-order valence-electron chi connectivity index (χ0n) is 9.80. The molecule has 0 aromatic rings. The molecule has 0 atom stereocenters. The van der Waals surface area contributed by atoms with Crippen LogP contribution >= 0.6 is 0 Å². The highest BCUT2D eigenvalue weighted by molar-refractivity contribution is 4.97. The van der Waals surface area contributed by atoms with Crippen molar-refractivity contribution in [3.8, 4) is 0 Å². The lowest BCUT2D eigenvalue weighted by molar-refractivity contribution is 0.203. The van der Waals surface area contributed by atoms with E-state index < -0.39 is 0 Å². The lowest BCUT2D eigenvalue weighted by Crippen LogP contribution is -2.49. The van der Waals surface area contributed by atoms with Crippen molar-refractivity contribution in [1.29, 1.82) is 0 Å². The van der Waals surface area contributed by atoms with Gasteiger partial charge in [0.2, 0.25) is 0 Å². The summed E-state index contributed by atoms with van der Waals surface area (Å²) in [6.07, 6.45) is 10.1. The minimum absolute atomic E-state index is 0.519. The van der Waals surface area contributed by atoms with Crippen molar-refractivity contribution in [2.75, 3.05) is 26.2 Å². The van der Waals surface area contributed by atoms with Gasteiger partial charge in [-0.1, -0.05) is 12.8 Å². The smallest absolute Gasteiger partial charge is 0.0308 e. The van der Waals surface area contributed by atoms with Gasteiger partial charge in [-0.2, -0.15) is 0 Å². The average Bonchev–Trinajstić information content (AvgIpc) is 2.95. The molecule has 15 heavy (non-hydrogen) atoms. The standard InChI is InChI=1S/C13H24N2/c1-2-7-13(6-1)11-15(9-3-8-14-13)10-12-4-5-12/h12,14H,1-11H2. The molecule has 0 aromatic carbocycles. The zero-order valence-corrected chi connectivity index (χ0v) is 9.80. The molecular formula is C13H24N2. The Hall–Kier alpha value is -0.0800. The summed E-state index contributed by atoms with van der Waals surface area (Å²) >= 11 is 0. The molecule has 0 amide bonds. The minimum Gasteiger partial charge on any atom is -0.310 e. The van der Waals surface area contributed by atoms with E-state index in [9.17, 15) is 0 Å². The average molecular weight is 208 g/mol. The Morgan fingerprint density at radius 3 is 2.67 bits per heavy atom. The van der Waals surface area contributed by atoms with Crippen molar-refractivity contribution in [2.45, 2.75) is 50.5 Å². The maximum atomic E-state index is 3.84. The van der Waals surface area contributed by atoms with Gasteiger partial charge in [-0.15, -0.1) is 0 Å². The van der Waals surface area contributed by atoms with Crippen LogP contribution in [-0.2, 0) is 0 Å². The summed E-state index contributed by atoms with van der Waals surface area (Å²) in [5, 5.41) is 3.84. The van der Waals surface area contributed by atoms with Crippen LogP contribution in [0, 0.1) is 5.92 Å². The summed E-state index contributed by atoms with van der Waals surface area (Å²) in [5.74, 6) is 1.06. The Morgan fingerprint density at radius 2 is 1.93 bits per heavy atom. The molecule has 0 aromatic heterocycles. The summed E-state index contributed by atoms with van der Waals surface area (Å²) in [4.78, 5) is 2.75. The lowest BCUT2D eigenvalue weighted by atomic mass is 9.97. The molecule has 2 nitrogen and oxygen atoms in total. The second-order valence-corrected chi connectivity index (χ2v) is 5.95. The Kier molecular flexibility index (Phi) is 2.73. The van der Waals surface area contributed by atoms with E-state index in [1.54, 1.807) is 0 Å². The van der Waals surface area contributed by atoms with E-state index in [1.165, 1.54) is 71.1 Å². The molecule has 3 rings (SSSR count). The maximum absolute atomic E-state index is 3.84. The first-order valence-electron chi connectivity index (χ1n) is 6.84. The molecule has 1 N–H and O–H groups in total. The lowest BCUT2D eigenvalue weighted by Gasteiger charge is -2.33. The van der Waals surface area contributed by atoms with Gasteiger partial charge in [0.1, 0.15) is 0 Å². The molecule has 2 heteroatoms. The van der Waals surface area contributed by atoms with Crippen LogP contribution < -0.4 is 5.32 Å². The zero-order chi connectivity index (χ0) is 10.1. The Balaban J connectivity index is 1.62. The van der Waals surface area contributed by atoms with Crippen LogP contribution in [0.3, 0.4) is 0 Å². The summed E-state index contributed by atoms with van der Waals surface area (Å²) < 4.78 is 0. The molecular weight excluding hydrogens is 184 g/mol. The van der Waals surface area contributed by atoms with Gasteiger partial charge in [-0.3, -0.25) is 0 Å². The fourth-order valence-electron chi connectivity index (χ4n) is 3.43. The number of nitrogens with one attached hydrogen (secondary N) is 1. The highest BCUT2D eigenvalue weighted by Crippen LogP contribution is 2.34. The molecule has 1 heterocycles. The summed E-state index contributed by atoms with van der Waals surface area (Å²) in [6.45, 7) is 5.32. The van der Waals surface area contributed by atoms with Gasteiger partial charge in [-0.05, 0) is 51.1 Å². The first-order chi connectivity index (χ1) is 7.36. The topological polar surface area (TPSA) is 15.3 Å². The number of hydrogen-bond acceptors (Lipinski definition) is 2. The Morgan fingerprint density at radius 1 is 1.13 bits per heavy atom. The second-order valence-electron chi connectivity index (χ2n) is 5.95. The quantitative estimate of drug-likeness (QED) is 0.747. The molecule has 2 aliphatic carbocycles. The maximum Gasteiger partial charge on any atom is 0.0308 e. The van der Waals surface area contributed by atoms with Gasteiger partial charge in [0.25, 0.3) is 0 Å². The predicted molar refractivity (Wildman–Crippen MR) is 63.0 cm³/mol. The highest BCUT2D eigenvalue weighted by atomic mass is 15.2. The van der Waals surface area contributed by atoms with Crippen molar-refractivity contribution < 1.29 is 0 Å². The molecule has 0 bridgehead atoms. The predicted octanol–water partition coefficient (Wildman–Crippen LogP) is 2.00. The SMILES string of the molecule is C1CNC2(CCCC2)CN(CC2CC2)C1. The molecule has 3 aliphatic rings. The summed E-state index contributed by atoms with van der Waals surface area (Å²) in [5.41, 5.74) is 0.519. The van der Waals surface area contributed by atoms with Crippen LogP contribution in [0.5, 0.6) is 0 Å². The van der Waals surface area contributed by atoms with E-state index in [4.69, 9.17) is 0 Å². The number of nitrogens with zero attached hydrogens (tertiary/aromatic N) is 1. The van der Waals surface area contributed by atoms with Crippen molar-refractivity contribution in [1.82, 2.24) is 10.2 Å². The van der Waals surface area contributed by atoms with Crippen LogP contribution in [-0.4, -0.2) is 36.6 Å². The Labute approximate surface area is 93.4 Å². The molecule has 0 radical (unpaired) electrons. The molecule has 3 fully saturated rings. The van der Waals surface area contributed by atoms with Gasteiger partial charge in [0.15, 0.2) is 0 Å². The molecule has 1 spiro atoms. The van der Waals surface area contributed by atoms with Crippen LogP contribution in [0.4, 0.5) is 0 Å². The van der Waals surface area contributed by atoms with Gasteiger partial charge < -0.3 is 10.2 Å². The van der Waals surface area contributed by atoms with E-state index in [0.29, 0.717) is 5.54 Å². The van der Waals surface area contributed by atoms with Crippen LogP contribution in [0.2, 0.25) is 0 Å². The van der Waals surface area contributed by atoms with Crippen molar-refractivity contribution in [2.24, 2.45) is 5.92 Å². The van der Waals surface area contributed by atoms with Crippen molar-refractivity contribution in [3.63, 3.8) is 0 Å². The van der Waals surface area contributed by atoms with E-state index in [2.05, 4.69) is 10.2 Å². The molecule has 86 valence electrons. The van der Waals surface area contributed by atoms with E-state index in [-0.39, 0.29) is 0 Å². The third kappa shape index (κ3) is 2.36. The van der Waals surface area contributed by atoms with Gasteiger partial charge in [0, 0.05) is 18.6 Å². The summed E-state index contributed by atoms with van der Waals surface area (Å²) in [7, 11) is 0. The fourth-order valence-corrected chi connectivity index (χ4v) is 3.43. The molecule has 2 saturated carbocycles. The minimum atomic E-state index is 0.519. The van der Waals surface area contributed by atoms with Gasteiger partial charge in [0.05, 0.1) is 0 Å². The number of hydrogen-bond donors (Lipinski definition) is 1.